The van der Waals surface area contributed by atoms with Crippen LogP contribution < -0.4 is 5.32 Å². The molecule has 0 radical (unpaired) electrons. The van der Waals surface area contributed by atoms with Gasteiger partial charge in [-0.1, -0.05) is 58.2 Å². The fourth-order valence-corrected chi connectivity index (χ4v) is 4.47. The van der Waals surface area contributed by atoms with Gasteiger partial charge in [-0.2, -0.15) is 5.26 Å². The van der Waals surface area contributed by atoms with Gasteiger partial charge in [0.15, 0.2) is 0 Å². The summed E-state index contributed by atoms with van der Waals surface area (Å²) in [6.07, 6.45) is 7.29. The molecule has 160 valence electrons. The van der Waals surface area contributed by atoms with Crippen LogP contribution in [0.4, 0.5) is 0 Å². The summed E-state index contributed by atoms with van der Waals surface area (Å²) in [5.41, 5.74) is 6.18. The number of nitrogens with zero attached hydrogens (tertiary/aromatic N) is 3. The standard InChI is InChI=1S/C20H24N4.C3H5N.C2H6/c1-13-6-5-9-15-10-16(22-18(13)15)19-17-11-21-12-24(17)20(23-19)14-7-3-2-4-8-14;1-2-3-4;1-2/h5-6,9-10,14,21-22H,2-4,7-8,11-12H2,1H3;2H2,1H3;1-2H3. The molecule has 1 fully saturated rings. The van der Waals surface area contributed by atoms with E-state index in [0.717, 1.165) is 24.6 Å². The van der Waals surface area contributed by atoms with Gasteiger partial charge in [0.25, 0.3) is 0 Å². The van der Waals surface area contributed by atoms with E-state index in [9.17, 15) is 0 Å². The minimum Gasteiger partial charge on any atom is -0.353 e. The molecule has 0 atom stereocenters. The van der Waals surface area contributed by atoms with E-state index in [2.05, 4.69) is 46.1 Å². The molecule has 0 saturated heterocycles. The lowest BCUT2D eigenvalue weighted by molar-refractivity contribution is 0.415. The van der Waals surface area contributed by atoms with Crippen LogP contribution in [0.3, 0.4) is 0 Å². The molecule has 1 aliphatic heterocycles. The Hall–Kier alpha value is -2.58. The van der Waals surface area contributed by atoms with Gasteiger partial charge in [0, 0.05) is 29.8 Å². The van der Waals surface area contributed by atoms with Gasteiger partial charge in [0.1, 0.15) is 11.5 Å². The zero-order chi connectivity index (χ0) is 21.5. The van der Waals surface area contributed by atoms with Crippen molar-refractivity contribution < 1.29 is 0 Å². The van der Waals surface area contributed by atoms with Gasteiger partial charge in [-0.3, -0.25) is 5.32 Å². The Bertz CT molecular complexity index is 999. The molecule has 1 aliphatic carbocycles. The van der Waals surface area contributed by atoms with E-state index in [1.165, 1.54) is 60.1 Å². The first-order chi connectivity index (χ1) is 14.7. The van der Waals surface area contributed by atoms with Gasteiger partial charge in [0.05, 0.1) is 24.1 Å². The average Bonchev–Trinajstić information content (AvgIpc) is 3.51. The molecule has 2 N–H and O–H groups in total. The van der Waals surface area contributed by atoms with Crippen molar-refractivity contribution >= 4 is 10.9 Å². The Balaban J connectivity index is 0.000000385. The SMILES string of the molecule is CC.CCC#N.Cc1cccc2cc(-c3nc(C4CCCCC4)n4c3CNC4)[nH]c12. The van der Waals surface area contributed by atoms with E-state index in [-0.39, 0.29) is 0 Å². The molecule has 5 heteroatoms. The zero-order valence-electron chi connectivity index (χ0n) is 18.9. The van der Waals surface area contributed by atoms with Crippen molar-refractivity contribution in [1.29, 1.82) is 5.26 Å². The minimum atomic E-state index is 0.625. The number of hydrogen-bond donors (Lipinski definition) is 2. The van der Waals surface area contributed by atoms with Crippen LogP contribution in [0.2, 0.25) is 0 Å². The molecule has 2 aromatic heterocycles. The maximum absolute atomic E-state index is 7.62. The molecule has 0 spiro atoms. The van der Waals surface area contributed by atoms with E-state index in [0.29, 0.717) is 12.3 Å². The van der Waals surface area contributed by atoms with Crippen LogP contribution >= 0.6 is 0 Å². The third kappa shape index (κ3) is 4.44. The third-order valence-corrected chi connectivity index (χ3v) is 5.91. The van der Waals surface area contributed by atoms with Crippen LogP contribution in [-0.4, -0.2) is 14.5 Å². The lowest BCUT2D eigenvalue weighted by Crippen LogP contribution is -2.14. The maximum Gasteiger partial charge on any atom is 0.113 e. The second kappa shape index (κ2) is 10.4. The third-order valence-electron chi connectivity index (χ3n) is 5.91. The van der Waals surface area contributed by atoms with Gasteiger partial charge in [0.2, 0.25) is 0 Å². The molecule has 3 heterocycles. The second-order valence-electron chi connectivity index (χ2n) is 7.85. The lowest BCUT2D eigenvalue weighted by Gasteiger charge is -2.21. The largest absolute Gasteiger partial charge is 0.353 e. The van der Waals surface area contributed by atoms with Gasteiger partial charge < -0.3 is 9.55 Å². The van der Waals surface area contributed by atoms with Crippen LogP contribution in [0.5, 0.6) is 0 Å². The van der Waals surface area contributed by atoms with Crippen molar-refractivity contribution in [3.63, 3.8) is 0 Å². The summed E-state index contributed by atoms with van der Waals surface area (Å²) in [5.74, 6) is 1.94. The molecule has 1 saturated carbocycles. The number of imidazole rings is 1. The number of benzene rings is 1. The topological polar surface area (TPSA) is 69.4 Å². The van der Waals surface area contributed by atoms with Gasteiger partial charge >= 0.3 is 0 Å². The predicted molar refractivity (Wildman–Crippen MR) is 124 cm³/mol. The zero-order valence-corrected chi connectivity index (χ0v) is 18.9. The van der Waals surface area contributed by atoms with Gasteiger partial charge in [-0.15, -0.1) is 0 Å². The Morgan fingerprint density at radius 3 is 2.60 bits per heavy atom. The summed E-state index contributed by atoms with van der Waals surface area (Å²) in [5, 5.41) is 12.4. The van der Waals surface area contributed by atoms with Crippen molar-refractivity contribution in [2.75, 3.05) is 0 Å². The van der Waals surface area contributed by atoms with E-state index in [1.54, 1.807) is 0 Å². The summed E-state index contributed by atoms with van der Waals surface area (Å²) in [6, 6.07) is 10.7. The fourth-order valence-electron chi connectivity index (χ4n) is 4.47. The molecular formula is C25H35N5. The number of aryl methyl sites for hydroxylation is 1. The Morgan fingerprint density at radius 2 is 1.93 bits per heavy atom. The number of aromatic amines is 1. The first-order valence-electron chi connectivity index (χ1n) is 11.5. The number of nitrogens with one attached hydrogen (secondary N) is 2. The lowest BCUT2D eigenvalue weighted by atomic mass is 9.89. The maximum atomic E-state index is 7.62. The quantitative estimate of drug-likeness (QED) is 0.518. The predicted octanol–water partition coefficient (Wildman–Crippen LogP) is 6.39. The number of nitriles is 1. The number of aromatic nitrogens is 3. The number of hydrogen-bond acceptors (Lipinski definition) is 3. The first-order valence-corrected chi connectivity index (χ1v) is 11.5. The molecule has 3 aromatic rings. The highest BCUT2D eigenvalue weighted by Crippen LogP contribution is 2.37. The smallest absolute Gasteiger partial charge is 0.113 e. The first kappa shape index (κ1) is 22.1. The van der Waals surface area contributed by atoms with Crippen molar-refractivity contribution in [2.45, 2.75) is 85.4 Å². The Morgan fingerprint density at radius 1 is 1.20 bits per heavy atom. The van der Waals surface area contributed by atoms with Crippen LogP contribution in [0.25, 0.3) is 22.3 Å². The van der Waals surface area contributed by atoms with Crippen molar-refractivity contribution in [3.8, 4) is 17.5 Å². The van der Waals surface area contributed by atoms with Crippen LogP contribution in [-0.2, 0) is 13.2 Å². The van der Waals surface area contributed by atoms with Crippen LogP contribution in [0.15, 0.2) is 24.3 Å². The normalized spacial score (nSPS) is 15.6. The van der Waals surface area contributed by atoms with Crippen LogP contribution in [0, 0.1) is 18.3 Å². The van der Waals surface area contributed by atoms with E-state index >= 15 is 0 Å². The molecule has 30 heavy (non-hydrogen) atoms. The number of rotatable bonds is 2. The fraction of sp³-hybridized carbons (Fsp3) is 0.520. The van der Waals surface area contributed by atoms with E-state index in [4.69, 9.17) is 10.2 Å². The van der Waals surface area contributed by atoms with E-state index < -0.39 is 0 Å². The monoisotopic (exact) mass is 405 g/mol. The highest BCUT2D eigenvalue weighted by Gasteiger charge is 2.28. The Kier molecular flexibility index (Phi) is 7.70. The van der Waals surface area contributed by atoms with Crippen molar-refractivity contribution in [1.82, 2.24) is 19.9 Å². The molecule has 5 rings (SSSR count). The molecular weight excluding hydrogens is 370 g/mol. The molecule has 0 unspecified atom stereocenters. The van der Waals surface area contributed by atoms with Gasteiger partial charge in [-0.25, -0.2) is 4.98 Å². The summed E-state index contributed by atoms with van der Waals surface area (Å²) < 4.78 is 2.43. The summed E-state index contributed by atoms with van der Waals surface area (Å²) >= 11 is 0. The molecule has 2 aliphatic rings. The summed E-state index contributed by atoms with van der Waals surface area (Å²) in [4.78, 5) is 8.76. The highest BCUT2D eigenvalue weighted by molar-refractivity contribution is 5.88. The molecule has 0 amide bonds. The number of H-pyrrole nitrogens is 1. The molecule has 5 nitrogen and oxygen atoms in total. The second-order valence-corrected chi connectivity index (χ2v) is 7.85. The van der Waals surface area contributed by atoms with Crippen molar-refractivity contribution in [2.24, 2.45) is 0 Å². The van der Waals surface area contributed by atoms with E-state index in [1.807, 2.05) is 26.8 Å². The highest BCUT2D eigenvalue weighted by atomic mass is 15.2. The van der Waals surface area contributed by atoms with Crippen LogP contribution in [0.1, 0.15) is 82.3 Å². The Labute approximate surface area is 180 Å². The number of para-hydroxylation sites is 1. The van der Waals surface area contributed by atoms with Gasteiger partial charge in [-0.05, 0) is 31.4 Å². The average molecular weight is 406 g/mol. The molecule has 0 bridgehead atoms. The van der Waals surface area contributed by atoms with Crippen molar-refractivity contribution in [3.05, 3.63) is 41.3 Å². The summed E-state index contributed by atoms with van der Waals surface area (Å²) in [7, 11) is 0. The molecule has 1 aromatic carbocycles. The number of fused-ring (bicyclic) bond motifs is 2. The summed E-state index contributed by atoms with van der Waals surface area (Å²) in [6.45, 7) is 9.81. The minimum absolute atomic E-state index is 0.625.